The van der Waals surface area contributed by atoms with Gasteiger partial charge < -0.3 is 15.0 Å². The third-order valence-electron chi connectivity index (χ3n) is 4.55. The van der Waals surface area contributed by atoms with Gasteiger partial charge in [-0.2, -0.15) is 0 Å². The topological polar surface area (TPSA) is 58.6 Å². The van der Waals surface area contributed by atoms with Gasteiger partial charge in [0.05, 0.1) is 5.92 Å². The lowest BCUT2D eigenvalue weighted by Crippen LogP contribution is -2.26. The van der Waals surface area contributed by atoms with Crippen molar-refractivity contribution in [3.8, 4) is 5.75 Å². The van der Waals surface area contributed by atoms with Crippen LogP contribution >= 0.6 is 0 Å². The van der Waals surface area contributed by atoms with Crippen LogP contribution in [-0.4, -0.2) is 30.3 Å². The zero-order chi connectivity index (χ0) is 17.8. The Morgan fingerprint density at radius 3 is 2.64 bits per heavy atom. The van der Waals surface area contributed by atoms with Crippen molar-refractivity contribution in [1.29, 1.82) is 0 Å². The van der Waals surface area contributed by atoms with Gasteiger partial charge >= 0.3 is 0 Å². The molecule has 1 fully saturated rings. The van der Waals surface area contributed by atoms with Crippen LogP contribution in [0.3, 0.4) is 0 Å². The number of amides is 2. The summed E-state index contributed by atoms with van der Waals surface area (Å²) in [5.74, 6) is 0.425. The maximum atomic E-state index is 12.4. The highest BCUT2D eigenvalue weighted by Crippen LogP contribution is 2.23. The molecular formula is C20H22N2O3. The van der Waals surface area contributed by atoms with E-state index in [0.717, 1.165) is 22.6 Å². The molecule has 130 valence electrons. The second kappa shape index (κ2) is 7.38. The fourth-order valence-corrected chi connectivity index (χ4v) is 2.93. The summed E-state index contributed by atoms with van der Waals surface area (Å²) < 4.78 is 5.80. The SMILES string of the molecule is Cc1c(COc2ccccc2)cccc1NC(=O)[C@H]1CC(=O)N(C)C1. The van der Waals surface area contributed by atoms with Crippen molar-refractivity contribution in [2.75, 3.05) is 18.9 Å². The van der Waals surface area contributed by atoms with Crippen LogP contribution in [0.15, 0.2) is 48.5 Å². The molecule has 0 bridgehead atoms. The minimum Gasteiger partial charge on any atom is -0.489 e. The molecule has 25 heavy (non-hydrogen) atoms. The first kappa shape index (κ1) is 17.0. The van der Waals surface area contributed by atoms with E-state index in [0.29, 0.717) is 13.2 Å². The summed E-state index contributed by atoms with van der Waals surface area (Å²) in [7, 11) is 1.72. The lowest BCUT2D eigenvalue weighted by Gasteiger charge is -2.15. The molecule has 2 aromatic rings. The van der Waals surface area contributed by atoms with E-state index in [-0.39, 0.29) is 24.2 Å². The molecule has 1 aliphatic heterocycles. The van der Waals surface area contributed by atoms with E-state index >= 15 is 0 Å². The molecule has 3 rings (SSSR count). The number of carbonyl (C=O) groups is 2. The number of para-hydroxylation sites is 1. The first-order valence-corrected chi connectivity index (χ1v) is 8.36. The Morgan fingerprint density at radius 1 is 1.20 bits per heavy atom. The second-order valence-corrected chi connectivity index (χ2v) is 6.36. The zero-order valence-corrected chi connectivity index (χ0v) is 14.5. The van der Waals surface area contributed by atoms with Gasteiger partial charge in [-0.05, 0) is 36.2 Å². The molecule has 1 N–H and O–H groups in total. The van der Waals surface area contributed by atoms with Crippen molar-refractivity contribution in [2.24, 2.45) is 5.92 Å². The maximum absolute atomic E-state index is 12.4. The van der Waals surface area contributed by atoms with Gasteiger partial charge in [-0.3, -0.25) is 9.59 Å². The molecule has 0 saturated carbocycles. The van der Waals surface area contributed by atoms with Gasteiger partial charge in [0.25, 0.3) is 0 Å². The summed E-state index contributed by atoms with van der Waals surface area (Å²) in [4.78, 5) is 25.6. The molecule has 1 atom stereocenters. The number of hydrogen-bond acceptors (Lipinski definition) is 3. The Kier molecular flexibility index (Phi) is 5.03. The molecular weight excluding hydrogens is 316 g/mol. The van der Waals surface area contributed by atoms with Crippen molar-refractivity contribution in [1.82, 2.24) is 4.90 Å². The molecule has 2 aromatic carbocycles. The van der Waals surface area contributed by atoms with Crippen molar-refractivity contribution in [3.05, 3.63) is 59.7 Å². The molecule has 0 aromatic heterocycles. The lowest BCUT2D eigenvalue weighted by atomic mass is 10.0. The highest BCUT2D eigenvalue weighted by atomic mass is 16.5. The Labute approximate surface area is 147 Å². The predicted octanol–water partition coefficient (Wildman–Crippen LogP) is 2.99. The van der Waals surface area contributed by atoms with Crippen molar-refractivity contribution in [2.45, 2.75) is 20.0 Å². The average Bonchev–Trinajstić information content (AvgIpc) is 2.96. The van der Waals surface area contributed by atoms with Crippen molar-refractivity contribution < 1.29 is 14.3 Å². The van der Waals surface area contributed by atoms with Crippen LogP contribution in [0.25, 0.3) is 0 Å². The summed E-state index contributed by atoms with van der Waals surface area (Å²) in [5.41, 5.74) is 2.76. The lowest BCUT2D eigenvalue weighted by molar-refractivity contribution is -0.127. The van der Waals surface area contributed by atoms with Gasteiger partial charge in [0, 0.05) is 25.7 Å². The van der Waals surface area contributed by atoms with Gasteiger partial charge in [-0.1, -0.05) is 30.3 Å². The quantitative estimate of drug-likeness (QED) is 0.912. The highest BCUT2D eigenvalue weighted by molar-refractivity contribution is 5.97. The van der Waals surface area contributed by atoms with E-state index in [1.165, 1.54) is 0 Å². The number of likely N-dealkylation sites (tertiary alicyclic amines) is 1. The van der Waals surface area contributed by atoms with Gasteiger partial charge in [0.15, 0.2) is 0 Å². The number of ether oxygens (including phenoxy) is 1. The van der Waals surface area contributed by atoms with Crippen LogP contribution in [-0.2, 0) is 16.2 Å². The highest BCUT2D eigenvalue weighted by Gasteiger charge is 2.32. The maximum Gasteiger partial charge on any atom is 0.229 e. The van der Waals surface area contributed by atoms with Gasteiger partial charge in [0.2, 0.25) is 11.8 Å². The van der Waals surface area contributed by atoms with Gasteiger partial charge in [-0.15, -0.1) is 0 Å². The van der Waals surface area contributed by atoms with E-state index in [1.54, 1.807) is 11.9 Å². The van der Waals surface area contributed by atoms with Crippen LogP contribution in [0.4, 0.5) is 5.69 Å². The third-order valence-corrected chi connectivity index (χ3v) is 4.55. The molecule has 1 aliphatic rings. The fourth-order valence-electron chi connectivity index (χ4n) is 2.93. The number of benzene rings is 2. The number of anilines is 1. The van der Waals surface area contributed by atoms with E-state index in [9.17, 15) is 9.59 Å². The van der Waals surface area contributed by atoms with Crippen LogP contribution in [0.1, 0.15) is 17.5 Å². The Balaban J connectivity index is 1.66. The largest absolute Gasteiger partial charge is 0.489 e. The number of carbonyl (C=O) groups excluding carboxylic acids is 2. The van der Waals surface area contributed by atoms with Crippen LogP contribution in [0, 0.1) is 12.8 Å². The minimum atomic E-state index is -0.291. The standard InChI is InChI=1S/C20H22N2O3/c1-14-15(13-25-17-8-4-3-5-9-17)7-6-10-18(14)21-20(24)16-11-19(23)22(2)12-16/h3-10,16H,11-13H2,1-2H3,(H,21,24)/t16-/m0/s1. The number of hydrogen-bond donors (Lipinski definition) is 1. The van der Waals surface area contributed by atoms with Crippen LogP contribution in [0.5, 0.6) is 5.75 Å². The smallest absolute Gasteiger partial charge is 0.229 e. The van der Waals surface area contributed by atoms with Gasteiger partial charge in [-0.25, -0.2) is 0 Å². The molecule has 0 unspecified atom stereocenters. The van der Waals surface area contributed by atoms with E-state index in [2.05, 4.69) is 5.32 Å². The Morgan fingerprint density at radius 2 is 1.96 bits per heavy atom. The zero-order valence-electron chi connectivity index (χ0n) is 14.5. The normalized spacial score (nSPS) is 16.8. The Bertz CT molecular complexity index is 774. The fraction of sp³-hybridized carbons (Fsp3) is 0.300. The molecule has 2 amide bonds. The molecule has 0 spiro atoms. The first-order chi connectivity index (χ1) is 12.0. The van der Waals surface area contributed by atoms with Gasteiger partial charge in [0.1, 0.15) is 12.4 Å². The average molecular weight is 338 g/mol. The van der Waals surface area contributed by atoms with Crippen LogP contribution < -0.4 is 10.1 Å². The predicted molar refractivity (Wildman–Crippen MR) is 96.3 cm³/mol. The third kappa shape index (κ3) is 3.99. The summed E-state index contributed by atoms with van der Waals surface area (Å²) >= 11 is 0. The Hall–Kier alpha value is -2.82. The van der Waals surface area contributed by atoms with Crippen molar-refractivity contribution >= 4 is 17.5 Å². The molecule has 0 aliphatic carbocycles. The molecule has 1 saturated heterocycles. The van der Waals surface area contributed by atoms with Crippen LogP contribution in [0.2, 0.25) is 0 Å². The summed E-state index contributed by atoms with van der Waals surface area (Å²) in [6.07, 6.45) is 0.276. The van der Waals surface area contributed by atoms with E-state index in [1.807, 2.05) is 55.5 Å². The molecule has 5 nitrogen and oxygen atoms in total. The second-order valence-electron chi connectivity index (χ2n) is 6.36. The minimum absolute atomic E-state index is 0.0156. The van der Waals surface area contributed by atoms with E-state index < -0.39 is 0 Å². The number of nitrogens with one attached hydrogen (secondary N) is 1. The summed E-state index contributed by atoms with van der Waals surface area (Å²) in [6.45, 7) is 2.87. The monoisotopic (exact) mass is 338 g/mol. The molecule has 0 radical (unpaired) electrons. The summed E-state index contributed by atoms with van der Waals surface area (Å²) in [5, 5.41) is 2.96. The molecule has 5 heteroatoms. The van der Waals surface area contributed by atoms with E-state index in [4.69, 9.17) is 4.74 Å². The molecule has 1 heterocycles. The number of rotatable bonds is 5. The first-order valence-electron chi connectivity index (χ1n) is 8.36. The van der Waals surface area contributed by atoms with Crippen molar-refractivity contribution in [3.63, 3.8) is 0 Å². The number of nitrogens with zero attached hydrogens (tertiary/aromatic N) is 1. The summed E-state index contributed by atoms with van der Waals surface area (Å²) in [6, 6.07) is 15.4.